The SMILES string of the molecule is CC(CC(CCC(F)(F)F)NN)C(C)(C)C. The van der Waals surface area contributed by atoms with Crippen molar-refractivity contribution in [1.82, 2.24) is 5.43 Å². The number of hydrogen-bond acceptors (Lipinski definition) is 2. The summed E-state index contributed by atoms with van der Waals surface area (Å²) in [5.74, 6) is 5.60. The zero-order valence-corrected chi connectivity index (χ0v) is 10.5. The van der Waals surface area contributed by atoms with E-state index < -0.39 is 12.6 Å². The van der Waals surface area contributed by atoms with E-state index in [0.717, 1.165) is 0 Å². The molecule has 2 unspecified atom stereocenters. The quantitative estimate of drug-likeness (QED) is 0.572. The Morgan fingerprint density at radius 1 is 1.19 bits per heavy atom. The number of halogens is 3. The second kappa shape index (κ2) is 5.87. The number of hydrogen-bond donors (Lipinski definition) is 2. The van der Waals surface area contributed by atoms with Crippen LogP contribution in [0, 0.1) is 11.3 Å². The molecule has 0 aromatic rings. The van der Waals surface area contributed by atoms with Gasteiger partial charge in [0.05, 0.1) is 0 Å². The van der Waals surface area contributed by atoms with Crippen molar-refractivity contribution in [1.29, 1.82) is 0 Å². The molecule has 0 fully saturated rings. The third-order valence-electron chi connectivity index (χ3n) is 3.13. The van der Waals surface area contributed by atoms with Crippen LogP contribution in [0.2, 0.25) is 0 Å². The lowest BCUT2D eigenvalue weighted by molar-refractivity contribution is -0.136. The van der Waals surface area contributed by atoms with Gasteiger partial charge in [0.25, 0.3) is 0 Å². The normalized spacial score (nSPS) is 17.2. The predicted octanol–water partition coefficient (Wildman–Crippen LogP) is 3.23. The first kappa shape index (κ1) is 15.7. The van der Waals surface area contributed by atoms with Crippen LogP contribution < -0.4 is 11.3 Å². The maximum Gasteiger partial charge on any atom is 0.389 e. The lowest BCUT2D eigenvalue weighted by Gasteiger charge is -2.30. The monoisotopic (exact) mass is 240 g/mol. The molecule has 0 aliphatic heterocycles. The van der Waals surface area contributed by atoms with E-state index in [4.69, 9.17) is 5.84 Å². The van der Waals surface area contributed by atoms with Gasteiger partial charge in [-0.25, -0.2) is 0 Å². The number of rotatable bonds is 5. The summed E-state index contributed by atoms with van der Waals surface area (Å²) in [5, 5.41) is 0. The first-order chi connectivity index (χ1) is 7.06. The summed E-state index contributed by atoms with van der Waals surface area (Å²) in [5.41, 5.74) is 2.57. The summed E-state index contributed by atoms with van der Waals surface area (Å²) in [6, 6.07) is -0.268. The molecule has 2 atom stereocenters. The molecule has 5 heteroatoms. The predicted molar refractivity (Wildman–Crippen MR) is 59.6 cm³/mol. The molecule has 0 saturated carbocycles. The van der Waals surface area contributed by atoms with Gasteiger partial charge >= 0.3 is 6.18 Å². The van der Waals surface area contributed by atoms with E-state index in [1.807, 2.05) is 6.92 Å². The molecule has 0 radical (unpaired) electrons. The minimum atomic E-state index is -4.10. The highest BCUT2D eigenvalue weighted by Gasteiger charge is 2.29. The van der Waals surface area contributed by atoms with Crippen molar-refractivity contribution in [3.05, 3.63) is 0 Å². The summed E-state index contributed by atoms with van der Waals surface area (Å²) in [6.07, 6.45) is -4.17. The molecule has 3 N–H and O–H groups in total. The van der Waals surface area contributed by atoms with Gasteiger partial charge in [-0.1, -0.05) is 27.7 Å². The van der Waals surface area contributed by atoms with Crippen LogP contribution in [-0.4, -0.2) is 12.2 Å². The molecule has 2 nitrogen and oxygen atoms in total. The molecule has 0 saturated heterocycles. The minimum Gasteiger partial charge on any atom is -0.271 e. The standard InChI is InChI=1S/C11H23F3N2/c1-8(10(2,3)4)7-9(16-15)5-6-11(12,13)14/h8-9,16H,5-7,15H2,1-4H3. The van der Waals surface area contributed by atoms with E-state index in [9.17, 15) is 13.2 Å². The Morgan fingerprint density at radius 3 is 2.00 bits per heavy atom. The van der Waals surface area contributed by atoms with Crippen LogP contribution >= 0.6 is 0 Å². The topological polar surface area (TPSA) is 38.0 Å². The van der Waals surface area contributed by atoms with Crippen molar-refractivity contribution in [2.45, 2.75) is 59.2 Å². The van der Waals surface area contributed by atoms with Crippen molar-refractivity contribution in [2.24, 2.45) is 17.2 Å². The van der Waals surface area contributed by atoms with Gasteiger partial charge in [0.15, 0.2) is 0 Å². The van der Waals surface area contributed by atoms with E-state index in [2.05, 4.69) is 26.2 Å². The highest BCUT2D eigenvalue weighted by Crippen LogP contribution is 2.31. The van der Waals surface area contributed by atoms with Crippen LogP contribution in [0.3, 0.4) is 0 Å². The maximum absolute atomic E-state index is 12.1. The Hall–Kier alpha value is -0.290. The Labute approximate surface area is 95.7 Å². The lowest BCUT2D eigenvalue weighted by Crippen LogP contribution is -2.38. The average Bonchev–Trinajstić information content (AvgIpc) is 2.08. The van der Waals surface area contributed by atoms with Crippen LogP contribution in [-0.2, 0) is 0 Å². The van der Waals surface area contributed by atoms with E-state index in [-0.39, 0.29) is 17.9 Å². The van der Waals surface area contributed by atoms with Gasteiger partial charge < -0.3 is 0 Å². The van der Waals surface area contributed by atoms with Gasteiger partial charge in [-0.2, -0.15) is 13.2 Å². The van der Waals surface area contributed by atoms with Crippen LogP contribution in [0.15, 0.2) is 0 Å². The Morgan fingerprint density at radius 2 is 1.69 bits per heavy atom. The highest BCUT2D eigenvalue weighted by molar-refractivity contribution is 4.76. The van der Waals surface area contributed by atoms with Crippen LogP contribution in [0.4, 0.5) is 13.2 Å². The van der Waals surface area contributed by atoms with Crippen LogP contribution in [0.25, 0.3) is 0 Å². The maximum atomic E-state index is 12.1. The molecule has 0 aliphatic carbocycles. The fourth-order valence-electron chi connectivity index (χ4n) is 1.39. The number of nitrogens with two attached hydrogens (primary N) is 1. The third-order valence-corrected chi connectivity index (χ3v) is 3.13. The van der Waals surface area contributed by atoms with Crippen LogP contribution in [0.5, 0.6) is 0 Å². The second-order valence-electron chi connectivity index (χ2n) is 5.52. The van der Waals surface area contributed by atoms with Crippen molar-refractivity contribution < 1.29 is 13.2 Å². The largest absolute Gasteiger partial charge is 0.389 e. The Balaban J connectivity index is 4.11. The van der Waals surface area contributed by atoms with E-state index >= 15 is 0 Å². The molecule has 0 spiro atoms. The van der Waals surface area contributed by atoms with E-state index in [1.54, 1.807) is 0 Å². The number of nitrogens with one attached hydrogen (secondary N) is 1. The van der Waals surface area contributed by atoms with Crippen molar-refractivity contribution in [3.63, 3.8) is 0 Å². The molecule has 0 rings (SSSR count). The molecule has 0 amide bonds. The van der Waals surface area contributed by atoms with Crippen molar-refractivity contribution in [3.8, 4) is 0 Å². The lowest BCUT2D eigenvalue weighted by atomic mass is 9.78. The molecule has 0 bridgehead atoms. The first-order valence-electron chi connectivity index (χ1n) is 5.59. The zero-order chi connectivity index (χ0) is 13.0. The molecule has 0 aromatic heterocycles. The first-order valence-corrected chi connectivity index (χ1v) is 5.59. The third kappa shape index (κ3) is 7.06. The van der Waals surface area contributed by atoms with Gasteiger partial charge in [0.2, 0.25) is 0 Å². The smallest absolute Gasteiger partial charge is 0.271 e. The fraction of sp³-hybridized carbons (Fsp3) is 1.00. The van der Waals surface area contributed by atoms with Gasteiger partial charge in [-0.05, 0) is 24.2 Å². The summed E-state index contributed by atoms with van der Waals surface area (Å²) in [7, 11) is 0. The van der Waals surface area contributed by atoms with Gasteiger partial charge in [-0.15, -0.1) is 0 Å². The second-order valence-corrected chi connectivity index (χ2v) is 5.52. The van der Waals surface area contributed by atoms with Crippen molar-refractivity contribution in [2.75, 3.05) is 0 Å². The molecule has 0 aromatic carbocycles. The molecule has 16 heavy (non-hydrogen) atoms. The average molecular weight is 240 g/mol. The fourth-order valence-corrected chi connectivity index (χ4v) is 1.39. The van der Waals surface area contributed by atoms with Gasteiger partial charge in [-0.3, -0.25) is 11.3 Å². The number of alkyl halides is 3. The molecular weight excluding hydrogens is 217 g/mol. The molecule has 0 aliphatic rings. The minimum absolute atomic E-state index is 0.0421. The summed E-state index contributed by atoms with van der Waals surface area (Å²) in [4.78, 5) is 0. The highest BCUT2D eigenvalue weighted by atomic mass is 19.4. The molecule has 0 heterocycles. The molecule has 98 valence electrons. The Kier molecular flexibility index (Phi) is 5.76. The van der Waals surface area contributed by atoms with Crippen LogP contribution in [0.1, 0.15) is 47.0 Å². The molecular formula is C11H23F3N2. The Bertz CT molecular complexity index is 196. The summed E-state index contributed by atoms with van der Waals surface area (Å²) >= 11 is 0. The van der Waals surface area contributed by atoms with Crippen molar-refractivity contribution >= 4 is 0 Å². The summed E-state index contributed by atoms with van der Waals surface area (Å²) < 4.78 is 36.2. The van der Waals surface area contributed by atoms with E-state index in [1.165, 1.54) is 0 Å². The number of hydrazine groups is 1. The van der Waals surface area contributed by atoms with Gasteiger partial charge in [0, 0.05) is 12.5 Å². The van der Waals surface area contributed by atoms with Gasteiger partial charge in [0.1, 0.15) is 0 Å². The van der Waals surface area contributed by atoms with E-state index in [0.29, 0.717) is 12.3 Å². The summed E-state index contributed by atoms with van der Waals surface area (Å²) in [6.45, 7) is 8.27. The zero-order valence-electron chi connectivity index (χ0n) is 10.5.